The topological polar surface area (TPSA) is 38.5 Å². The predicted molar refractivity (Wildman–Crippen MR) is 97.7 cm³/mol. The smallest absolute Gasteiger partial charge is 0.199 e. The van der Waals surface area contributed by atoms with Gasteiger partial charge in [0.1, 0.15) is 5.75 Å². The van der Waals surface area contributed by atoms with Crippen LogP contribution in [0.5, 0.6) is 5.75 Å². The van der Waals surface area contributed by atoms with Crippen LogP contribution in [0.3, 0.4) is 0 Å². The molecule has 7 heteroatoms. The molecule has 3 rings (SSSR count). The molecule has 0 saturated carbocycles. The lowest BCUT2D eigenvalue weighted by Gasteiger charge is -2.33. The number of aromatic nitrogens is 3. The fraction of sp³-hybridized carbons (Fsp3) is 0.529. The van der Waals surface area contributed by atoms with Gasteiger partial charge in [0.25, 0.3) is 0 Å². The average Bonchev–Trinajstić information content (AvgIpc) is 2.90. The number of benzene rings is 1. The number of rotatable bonds is 5. The minimum atomic E-state index is 0.730. The Labute approximate surface area is 148 Å². The fourth-order valence-corrected chi connectivity index (χ4v) is 3.27. The molecule has 6 nitrogen and oxygen atoms in total. The molecule has 1 aliphatic rings. The first-order chi connectivity index (χ1) is 11.6. The van der Waals surface area contributed by atoms with E-state index in [9.17, 15) is 0 Å². The molecule has 0 amide bonds. The molecule has 2 heterocycles. The maximum absolute atomic E-state index is 5.59. The van der Waals surface area contributed by atoms with Gasteiger partial charge in [-0.15, -0.1) is 0 Å². The maximum Gasteiger partial charge on any atom is 0.199 e. The molecule has 1 saturated heterocycles. The number of likely N-dealkylation sites (N-methyl/N-ethyl adjacent to an activating group) is 1. The minimum absolute atomic E-state index is 0.730. The summed E-state index contributed by atoms with van der Waals surface area (Å²) >= 11 is 5.59. The van der Waals surface area contributed by atoms with E-state index in [1.54, 1.807) is 7.11 Å². The number of ether oxygens (including phenoxy) is 1. The van der Waals surface area contributed by atoms with Crippen molar-refractivity contribution in [1.82, 2.24) is 24.1 Å². The fourth-order valence-electron chi connectivity index (χ4n) is 3.08. The largest absolute Gasteiger partial charge is 0.496 e. The number of hydrogen-bond acceptors (Lipinski definition) is 5. The minimum Gasteiger partial charge on any atom is -0.496 e. The second-order valence-electron chi connectivity index (χ2n) is 6.06. The molecule has 2 aromatic rings. The van der Waals surface area contributed by atoms with E-state index in [0.717, 1.165) is 61.3 Å². The van der Waals surface area contributed by atoms with Crippen LogP contribution < -0.4 is 4.74 Å². The maximum atomic E-state index is 5.59. The highest BCUT2D eigenvalue weighted by atomic mass is 32.1. The summed E-state index contributed by atoms with van der Waals surface area (Å²) < 4.78 is 10.1. The van der Waals surface area contributed by atoms with Crippen molar-refractivity contribution >= 4 is 12.2 Å². The van der Waals surface area contributed by atoms with Gasteiger partial charge in [0.2, 0.25) is 0 Å². The monoisotopic (exact) mass is 347 g/mol. The molecule has 0 aliphatic carbocycles. The normalized spacial score (nSPS) is 16.5. The number of para-hydroxylation sites is 1. The molecule has 1 aliphatic heterocycles. The lowest BCUT2D eigenvalue weighted by atomic mass is 10.2. The van der Waals surface area contributed by atoms with Crippen LogP contribution in [-0.4, -0.2) is 64.0 Å². The third-order valence-electron chi connectivity index (χ3n) is 4.63. The molecule has 24 heavy (non-hydrogen) atoms. The first-order valence-corrected chi connectivity index (χ1v) is 8.76. The first kappa shape index (κ1) is 17.1. The van der Waals surface area contributed by atoms with Crippen molar-refractivity contribution in [2.45, 2.75) is 13.6 Å². The molecule has 1 aromatic carbocycles. The Bertz CT molecular complexity index is 746. The average molecular weight is 347 g/mol. The van der Waals surface area contributed by atoms with Crippen molar-refractivity contribution in [3.05, 3.63) is 29.0 Å². The highest BCUT2D eigenvalue weighted by molar-refractivity contribution is 7.71. The van der Waals surface area contributed by atoms with Crippen molar-refractivity contribution in [1.29, 1.82) is 0 Å². The Morgan fingerprint density at radius 2 is 1.79 bits per heavy atom. The van der Waals surface area contributed by atoms with Crippen LogP contribution in [0.15, 0.2) is 24.3 Å². The van der Waals surface area contributed by atoms with Crippen LogP contribution in [-0.2, 0) is 13.7 Å². The lowest BCUT2D eigenvalue weighted by molar-refractivity contribution is 0.106. The van der Waals surface area contributed by atoms with Gasteiger partial charge in [-0.2, -0.15) is 5.10 Å². The molecule has 0 spiro atoms. The Hall–Kier alpha value is -1.70. The van der Waals surface area contributed by atoms with E-state index < -0.39 is 0 Å². The zero-order chi connectivity index (χ0) is 17.1. The third-order valence-corrected chi connectivity index (χ3v) is 5.12. The Morgan fingerprint density at radius 1 is 1.12 bits per heavy atom. The molecule has 0 atom stereocenters. The number of nitrogens with zero attached hydrogens (tertiary/aromatic N) is 5. The number of piperazine rings is 1. The van der Waals surface area contributed by atoms with Gasteiger partial charge in [0.15, 0.2) is 10.6 Å². The van der Waals surface area contributed by atoms with E-state index in [4.69, 9.17) is 22.1 Å². The summed E-state index contributed by atoms with van der Waals surface area (Å²) in [6.07, 6.45) is 0. The van der Waals surface area contributed by atoms with Gasteiger partial charge in [-0.1, -0.05) is 19.1 Å². The quantitative estimate of drug-likeness (QED) is 0.776. The van der Waals surface area contributed by atoms with Gasteiger partial charge in [0.05, 0.1) is 19.3 Å². The Kier molecular flexibility index (Phi) is 5.33. The van der Waals surface area contributed by atoms with E-state index in [1.807, 2.05) is 40.6 Å². The molecule has 1 aromatic heterocycles. The van der Waals surface area contributed by atoms with Crippen molar-refractivity contribution in [2.24, 2.45) is 7.05 Å². The summed E-state index contributed by atoms with van der Waals surface area (Å²) in [4.78, 5) is 4.87. The van der Waals surface area contributed by atoms with Gasteiger partial charge in [-0.25, -0.2) is 4.68 Å². The van der Waals surface area contributed by atoms with Gasteiger partial charge in [-0.05, 0) is 30.9 Å². The van der Waals surface area contributed by atoms with E-state index in [-0.39, 0.29) is 0 Å². The first-order valence-electron chi connectivity index (χ1n) is 8.36. The molecule has 0 bridgehead atoms. The molecule has 130 valence electrons. The number of methoxy groups -OCH3 is 1. The number of hydrogen-bond donors (Lipinski definition) is 0. The second kappa shape index (κ2) is 7.46. The summed E-state index contributed by atoms with van der Waals surface area (Å²) in [5.74, 6) is 1.65. The van der Waals surface area contributed by atoms with Crippen LogP contribution in [0.4, 0.5) is 0 Å². The lowest BCUT2D eigenvalue weighted by Crippen LogP contribution is -2.46. The van der Waals surface area contributed by atoms with Crippen LogP contribution in [0.2, 0.25) is 0 Å². The van der Waals surface area contributed by atoms with Gasteiger partial charge in [-0.3, -0.25) is 4.90 Å². The molecule has 1 fully saturated rings. The van der Waals surface area contributed by atoms with E-state index in [1.165, 1.54) is 0 Å². The van der Waals surface area contributed by atoms with E-state index in [2.05, 4.69) is 16.7 Å². The van der Waals surface area contributed by atoms with E-state index in [0.29, 0.717) is 0 Å². The van der Waals surface area contributed by atoms with Crippen LogP contribution in [0.1, 0.15) is 6.92 Å². The van der Waals surface area contributed by atoms with Gasteiger partial charge in [0, 0.05) is 33.2 Å². The third kappa shape index (κ3) is 3.38. The summed E-state index contributed by atoms with van der Waals surface area (Å²) in [6, 6.07) is 7.91. The van der Waals surface area contributed by atoms with Crippen LogP contribution in [0.25, 0.3) is 11.4 Å². The molecule has 0 N–H and O–H groups in total. The zero-order valence-electron chi connectivity index (χ0n) is 14.6. The summed E-state index contributed by atoms with van der Waals surface area (Å²) in [5, 5.41) is 4.76. The Balaban J connectivity index is 1.83. The predicted octanol–water partition coefficient (Wildman–Crippen LogP) is 2.22. The molecular weight excluding hydrogens is 322 g/mol. The van der Waals surface area contributed by atoms with Crippen molar-refractivity contribution in [3.63, 3.8) is 0 Å². The van der Waals surface area contributed by atoms with Gasteiger partial charge < -0.3 is 14.2 Å². The summed E-state index contributed by atoms with van der Waals surface area (Å²) in [5.41, 5.74) is 0.961. The summed E-state index contributed by atoms with van der Waals surface area (Å²) in [7, 11) is 3.64. The Morgan fingerprint density at radius 3 is 2.46 bits per heavy atom. The molecule has 0 unspecified atom stereocenters. The van der Waals surface area contributed by atoms with E-state index >= 15 is 0 Å². The van der Waals surface area contributed by atoms with Crippen molar-refractivity contribution in [2.75, 3.05) is 39.8 Å². The summed E-state index contributed by atoms with van der Waals surface area (Å²) in [6.45, 7) is 8.39. The SMILES string of the molecule is CCN1CCN(Cn2nc(-c3ccccc3OC)n(C)c2=S)CC1. The van der Waals surface area contributed by atoms with Crippen molar-refractivity contribution < 1.29 is 4.74 Å². The van der Waals surface area contributed by atoms with Crippen LogP contribution in [0, 0.1) is 4.77 Å². The molecular formula is C17H25N5OS. The highest BCUT2D eigenvalue weighted by Gasteiger charge is 2.18. The van der Waals surface area contributed by atoms with Gasteiger partial charge >= 0.3 is 0 Å². The zero-order valence-corrected chi connectivity index (χ0v) is 15.4. The molecule has 0 radical (unpaired) electrons. The van der Waals surface area contributed by atoms with Crippen molar-refractivity contribution in [3.8, 4) is 17.1 Å². The van der Waals surface area contributed by atoms with Crippen LogP contribution >= 0.6 is 12.2 Å². The highest BCUT2D eigenvalue weighted by Crippen LogP contribution is 2.28. The standard InChI is InChI=1S/C17H25N5OS/c1-4-20-9-11-21(12-10-20)13-22-17(24)19(2)16(18-22)14-7-5-6-8-15(14)23-3/h5-8H,4,9-13H2,1-3H3. The second-order valence-corrected chi connectivity index (χ2v) is 6.42.